The summed E-state index contributed by atoms with van der Waals surface area (Å²) in [7, 11) is 0. The van der Waals surface area contributed by atoms with E-state index in [1.54, 1.807) is 11.8 Å². The minimum absolute atomic E-state index is 0.0552. The zero-order valence-corrected chi connectivity index (χ0v) is 13.3. The Balaban J connectivity index is 1.74. The van der Waals surface area contributed by atoms with Crippen molar-refractivity contribution < 1.29 is 4.79 Å². The average molecular weight is 308 g/mol. The summed E-state index contributed by atoms with van der Waals surface area (Å²) in [6, 6.07) is 8.54. The lowest BCUT2D eigenvalue weighted by Gasteiger charge is -2.27. The summed E-state index contributed by atoms with van der Waals surface area (Å²) >= 11 is 3.75. The number of nitrogens with zero attached hydrogens (tertiary/aromatic N) is 1. The van der Waals surface area contributed by atoms with Gasteiger partial charge in [0.15, 0.2) is 0 Å². The number of carbonyl (C=O) groups excluding carboxylic acids is 1. The third-order valence-corrected chi connectivity index (χ3v) is 6.06. The van der Waals surface area contributed by atoms with Crippen LogP contribution in [0.5, 0.6) is 0 Å². The minimum Gasteiger partial charge on any atom is -0.321 e. The highest BCUT2D eigenvalue weighted by molar-refractivity contribution is 8.00. The molecule has 0 bridgehead atoms. The van der Waals surface area contributed by atoms with Gasteiger partial charge in [0.2, 0.25) is 5.91 Å². The van der Waals surface area contributed by atoms with Crippen LogP contribution in [0.15, 0.2) is 29.2 Å². The molecule has 0 aliphatic carbocycles. The first-order valence-corrected chi connectivity index (χ1v) is 9.33. The van der Waals surface area contributed by atoms with E-state index in [2.05, 4.69) is 35.8 Å². The quantitative estimate of drug-likeness (QED) is 0.867. The summed E-state index contributed by atoms with van der Waals surface area (Å²) in [4.78, 5) is 15.4. The van der Waals surface area contributed by atoms with E-state index in [0.717, 1.165) is 6.54 Å². The van der Waals surface area contributed by atoms with Gasteiger partial charge in [-0.25, -0.2) is 0 Å². The van der Waals surface area contributed by atoms with Gasteiger partial charge >= 0.3 is 0 Å². The smallest absolute Gasteiger partial charge is 0.238 e. The molecule has 3 rings (SSSR count). The number of rotatable bonds is 4. The molecular weight excluding hydrogens is 288 g/mol. The normalized spacial score (nSPS) is 26.4. The second-order valence-corrected chi connectivity index (χ2v) is 7.53. The summed E-state index contributed by atoms with van der Waals surface area (Å²) in [5.41, 5.74) is 1.19. The number of benzene rings is 1. The molecule has 5 heteroatoms. The van der Waals surface area contributed by atoms with Crippen molar-refractivity contribution in [1.82, 2.24) is 10.2 Å². The first-order chi connectivity index (χ1) is 9.78. The Hall–Kier alpha value is -0.650. The molecule has 0 aromatic heterocycles. The highest BCUT2D eigenvalue weighted by Gasteiger charge is 2.33. The predicted molar refractivity (Wildman–Crippen MR) is 86.2 cm³/mol. The van der Waals surface area contributed by atoms with Gasteiger partial charge in [0.05, 0.1) is 6.54 Å². The van der Waals surface area contributed by atoms with Crippen LogP contribution in [0.2, 0.25) is 0 Å². The van der Waals surface area contributed by atoms with Crippen LogP contribution in [-0.4, -0.2) is 41.2 Å². The standard InChI is InChI=1S/C15H20N2OS2/c1-19-12-6-4-11(5-7-12)15-16-9-14(18)17(15)10-13-3-2-8-20-13/h4-7,13,15-16H,2-3,8-10H2,1H3. The molecule has 1 aromatic rings. The second-order valence-electron chi connectivity index (χ2n) is 5.24. The third kappa shape index (κ3) is 3.00. The van der Waals surface area contributed by atoms with Crippen LogP contribution in [0.25, 0.3) is 0 Å². The molecule has 108 valence electrons. The maximum Gasteiger partial charge on any atom is 0.238 e. The lowest BCUT2D eigenvalue weighted by atomic mass is 10.1. The second kappa shape index (κ2) is 6.41. The van der Waals surface area contributed by atoms with E-state index in [9.17, 15) is 4.79 Å². The van der Waals surface area contributed by atoms with Crippen molar-refractivity contribution in [2.75, 3.05) is 25.1 Å². The van der Waals surface area contributed by atoms with E-state index >= 15 is 0 Å². The van der Waals surface area contributed by atoms with Crippen molar-refractivity contribution in [2.45, 2.75) is 29.2 Å². The Labute approximate surface area is 128 Å². The number of hydrogen-bond acceptors (Lipinski definition) is 4. The first-order valence-electron chi connectivity index (χ1n) is 7.06. The number of amides is 1. The van der Waals surface area contributed by atoms with Crippen molar-refractivity contribution in [1.29, 1.82) is 0 Å². The molecule has 0 radical (unpaired) electrons. The highest BCUT2D eigenvalue weighted by Crippen LogP contribution is 2.31. The number of carbonyl (C=O) groups is 1. The van der Waals surface area contributed by atoms with E-state index in [-0.39, 0.29) is 12.1 Å². The third-order valence-electron chi connectivity index (χ3n) is 3.93. The molecule has 0 saturated carbocycles. The van der Waals surface area contributed by atoms with Gasteiger partial charge in [-0.05, 0) is 42.5 Å². The van der Waals surface area contributed by atoms with Gasteiger partial charge in [-0.2, -0.15) is 11.8 Å². The first kappa shape index (κ1) is 14.3. The predicted octanol–water partition coefficient (Wildman–Crippen LogP) is 2.73. The van der Waals surface area contributed by atoms with Crippen LogP contribution in [0.1, 0.15) is 24.6 Å². The molecule has 2 saturated heterocycles. The molecular formula is C15H20N2OS2. The van der Waals surface area contributed by atoms with E-state index in [4.69, 9.17) is 0 Å². The molecule has 2 atom stereocenters. The fourth-order valence-corrected chi connectivity index (χ4v) is 4.51. The fraction of sp³-hybridized carbons (Fsp3) is 0.533. The Morgan fingerprint density at radius 3 is 2.85 bits per heavy atom. The Morgan fingerprint density at radius 2 is 2.20 bits per heavy atom. The van der Waals surface area contributed by atoms with E-state index in [1.165, 1.54) is 29.1 Å². The molecule has 2 aliphatic rings. The number of hydrogen-bond donors (Lipinski definition) is 1. The van der Waals surface area contributed by atoms with Crippen LogP contribution < -0.4 is 5.32 Å². The van der Waals surface area contributed by atoms with Crippen LogP contribution in [0.4, 0.5) is 0 Å². The van der Waals surface area contributed by atoms with Crippen LogP contribution in [0.3, 0.4) is 0 Å². The Morgan fingerprint density at radius 1 is 1.40 bits per heavy atom. The molecule has 2 aliphatic heterocycles. The summed E-state index contributed by atoms with van der Waals surface area (Å²) < 4.78 is 0. The molecule has 20 heavy (non-hydrogen) atoms. The zero-order valence-electron chi connectivity index (χ0n) is 11.7. The Bertz CT molecular complexity index is 471. The zero-order chi connectivity index (χ0) is 13.9. The maximum absolute atomic E-state index is 12.1. The van der Waals surface area contributed by atoms with Crippen molar-refractivity contribution in [3.05, 3.63) is 29.8 Å². The van der Waals surface area contributed by atoms with Gasteiger partial charge in [-0.3, -0.25) is 10.1 Å². The monoisotopic (exact) mass is 308 g/mol. The largest absolute Gasteiger partial charge is 0.321 e. The van der Waals surface area contributed by atoms with Crippen LogP contribution >= 0.6 is 23.5 Å². The van der Waals surface area contributed by atoms with Gasteiger partial charge < -0.3 is 4.90 Å². The van der Waals surface area contributed by atoms with Gasteiger partial charge in [-0.1, -0.05) is 12.1 Å². The number of thioether (sulfide) groups is 2. The molecule has 1 amide bonds. The minimum atomic E-state index is 0.0552. The summed E-state index contributed by atoms with van der Waals surface area (Å²) in [5.74, 6) is 1.48. The van der Waals surface area contributed by atoms with Crippen molar-refractivity contribution in [3.63, 3.8) is 0 Å². The summed E-state index contributed by atoms with van der Waals surface area (Å²) in [5, 5.41) is 3.96. The van der Waals surface area contributed by atoms with Gasteiger partial charge in [-0.15, -0.1) is 11.8 Å². The highest BCUT2D eigenvalue weighted by atomic mass is 32.2. The molecule has 3 nitrogen and oxygen atoms in total. The van der Waals surface area contributed by atoms with Crippen molar-refractivity contribution in [2.24, 2.45) is 0 Å². The van der Waals surface area contributed by atoms with Gasteiger partial charge in [0.1, 0.15) is 6.17 Å². The molecule has 2 unspecified atom stereocenters. The summed E-state index contributed by atoms with van der Waals surface area (Å²) in [6.45, 7) is 1.35. The Kier molecular flexibility index (Phi) is 4.58. The molecule has 0 spiro atoms. The summed E-state index contributed by atoms with van der Waals surface area (Å²) in [6.07, 6.45) is 4.67. The van der Waals surface area contributed by atoms with Crippen molar-refractivity contribution in [3.8, 4) is 0 Å². The lowest BCUT2D eigenvalue weighted by Crippen LogP contribution is -2.35. The average Bonchev–Trinajstić information content (AvgIpc) is 3.11. The van der Waals surface area contributed by atoms with Gasteiger partial charge in [0, 0.05) is 16.7 Å². The SMILES string of the molecule is CSc1ccc(C2NCC(=O)N2CC2CCCS2)cc1. The van der Waals surface area contributed by atoms with Crippen LogP contribution in [-0.2, 0) is 4.79 Å². The van der Waals surface area contributed by atoms with Gasteiger partial charge in [0.25, 0.3) is 0 Å². The molecule has 2 fully saturated rings. The van der Waals surface area contributed by atoms with E-state index < -0.39 is 0 Å². The van der Waals surface area contributed by atoms with E-state index in [1.807, 2.05) is 16.7 Å². The molecule has 1 aromatic carbocycles. The maximum atomic E-state index is 12.1. The van der Waals surface area contributed by atoms with Crippen LogP contribution in [0, 0.1) is 0 Å². The molecule has 2 heterocycles. The lowest BCUT2D eigenvalue weighted by molar-refractivity contribution is -0.128. The number of nitrogens with one attached hydrogen (secondary N) is 1. The fourth-order valence-electron chi connectivity index (χ4n) is 2.84. The molecule has 1 N–H and O–H groups in total. The topological polar surface area (TPSA) is 32.3 Å². The van der Waals surface area contributed by atoms with E-state index in [0.29, 0.717) is 11.8 Å². The van der Waals surface area contributed by atoms with Crippen molar-refractivity contribution >= 4 is 29.4 Å².